The van der Waals surface area contributed by atoms with E-state index in [2.05, 4.69) is 0 Å². The lowest BCUT2D eigenvalue weighted by atomic mass is 10.1. The molecule has 0 aromatic heterocycles. The summed E-state index contributed by atoms with van der Waals surface area (Å²) in [6.45, 7) is 7.47. The Labute approximate surface area is 142 Å². The van der Waals surface area contributed by atoms with Crippen molar-refractivity contribution in [1.29, 1.82) is 5.26 Å². The lowest BCUT2D eigenvalue weighted by Gasteiger charge is -2.15. The van der Waals surface area contributed by atoms with Gasteiger partial charge < -0.3 is 8.92 Å². The summed E-state index contributed by atoms with van der Waals surface area (Å²) in [7, 11) is -4.01. The summed E-state index contributed by atoms with van der Waals surface area (Å²) >= 11 is 0. The third-order valence-corrected chi connectivity index (χ3v) is 4.97. The van der Waals surface area contributed by atoms with Crippen LogP contribution in [0.2, 0.25) is 0 Å². The van der Waals surface area contributed by atoms with Crippen LogP contribution in [0.25, 0.3) is 0 Å². The zero-order valence-corrected chi connectivity index (χ0v) is 14.9. The minimum absolute atomic E-state index is 0.0650. The van der Waals surface area contributed by atoms with Gasteiger partial charge in [-0.3, -0.25) is 0 Å². The average molecular weight is 345 g/mol. The van der Waals surface area contributed by atoms with Crippen LogP contribution >= 0.6 is 0 Å². The highest BCUT2D eigenvalue weighted by molar-refractivity contribution is 7.87. The number of benzene rings is 2. The first-order valence-electron chi connectivity index (χ1n) is 7.47. The van der Waals surface area contributed by atoms with E-state index in [0.717, 1.165) is 5.56 Å². The number of aryl methyl sites for hydroxylation is 3. The molecule has 0 saturated heterocycles. The normalized spacial score (nSPS) is 11.0. The Morgan fingerprint density at radius 1 is 1.04 bits per heavy atom. The maximum Gasteiger partial charge on any atom is 0.339 e. The fourth-order valence-electron chi connectivity index (χ4n) is 2.64. The first kappa shape index (κ1) is 17.8. The zero-order chi connectivity index (χ0) is 17.9. The highest BCUT2D eigenvalue weighted by atomic mass is 32.2. The molecule has 0 saturated carbocycles. The highest BCUT2D eigenvalue weighted by Crippen LogP contribution is 2.32. The molecule has 0 radical (unpaired) electrons. The molecule has 0 atom stereocenters. The smallest absolute Gasteiger partial charge is 0.339 e. The molecule has 0 bridgehead atoms. The quantitative estimate of drug-likeness (QED) is 0.773. The Morgan fingerprint density at radius 2 is 1.67 bits per heavy atom. The summed E-state index contributed by atoms with van der Waals surface area (Å²) in [6.07, 6.45) is 0. The minimum atomic E-state index is -4.01. The van der Waals surface area contributed by atoms with Crippen LogP contribution in [0.1, 0.15) is 29.2 Å². The van der Waals surface area contributed by atoms with Crippen molar-refractivity contribution in [3.63, 3.8) is 0 Å². The lowest BCUT2D eigenvalue weighted by Crippen LogP contribution is -2.14. The second-order valence-electron chi connectivity index (χ2n) is 5.47. The second-order valence-corrected chi connectivity index (χ2v) is 6.95. The molecule has 0 amide bonds. The van der Waals surface area contributed by atoms with Gasteiger partial charge in [0.25, 0.3) is 0 Å². The van der Waals surface area contributed by atoms with Gasteiger partial charge in [-0.25, -0.2) is 0 Å². The first-order chi connectivity index (χ1) is 11.3. The van der Waals surface area contributed by atoms with E-state index in [1.54, 1.807) is 32.9 Å². The summed E-state index contributed by atoms with van der Waals surface area (Å²) in [5.74, 6) is 0.290. The van der Waals surface area contributed by atoms with Gasteiger partial charge >= 0.3 is 10.1 Å². The molecular weight excluding hydrogens is 326 g/mol. The molecule has 2 rings (SSSR count). The van der Waals surface area contributed by atoms with E-state index in [0.29, 0.717) is 23.3 Å². The van der Waals surface area contributed by atoms with E-state index < -0.39 is 10.1 Å². The highest BCUT2D eigenvalue weighted by Gasteiger charge is 2.24. The number of hydrogen-bond acceptors (Lipinski definition) is 5. The van der Waals surface area contributed by atoms with E-state index in [1.165, 1.54) is 18.2 Å². The predicted octanol–water partition coefficient (Wildman–Crippen LogP) is 3.65. The van der Waals surface area contributed by atoms with Crippen molar-refractivity contribution in [2.75, 3.05) is 6.61 Å². The molecule has 0 aliphatic carbocycles. The fourth-order valence-corrected chi connectivity index (χ4v) is 4.00. The Bertz CT molecular complexity index is 888. The van der Waals surface area contributed by atoms with Crippen molar-refractivity contribution in [2.24, 2.45) is 0 Å². The molecule has 0 N–H and O–H groups in total. The molecule has 24 heavy (non-hydrogen) atoms. The zero-order valence-electron chi connectivity index (χ0n) is 14.1. The number of hydrogen-bond donors (Lipinski definition) is 0. The Morgan fingerprint density at radius 3 is 2.21 bits per heavy atom. The van der Waals surface area contributed by atoms with Gasteiger partial charge in [-0.2, -0.15) is 13.7 Å². The van der Waals surface area contributed by atoms with E-state index in [4.69, 9.17) is 14.2 Å². The van der Waals surface area contributed by atoms with E-state index in [9.17, 15) is 8.42 Å². The van der Waals surface area contributed by atoms with Crippen molar-refractivity contribution in [1.82, 2.24) is 0 Å². The molecule has 5 nitrogen and oxygen atoms in total. The van der Waals surface area contributed by atoms with Crippen LogP contribution in [0.15, 0.2) is 35.2 Å². The van der Waals surface area contributed by atoms with Crippen LogP contribution in [0, 0.1) is 32.1 Å². The molecule has 2 aromatic carbocycles. The van der Waals surface area contributed by atoms with E-state index >= 15 is 0 Å². The molecule has 0 aliphatic heterocycles. The molecule has 126 valence electrons. The average Bonchev–Trinajstić information content (AvgIpc) is 2.47. The second kappa shape index (κ2) is 6.93. The summed E-state index contributed by atoms with van der Waals surface area (Å²) in [5, 5.41) is 8.97. The summed E-state index contributed by atoms with van der Waals surface area (Å²) in [5.41, 5.74) is 2.60. The number of rotatable bonds is 5. The van der Waals surface area contributed by atoms with Gasteiger partial charge in [0.1, 0.15) is 4.90 Å². The van der Waals surface area contributed by atoms with Gasteiger partial charge in [0.2, 0.25) is 0 Å². The molecule has 0 aliphatic rings. The standard InChI is InChI=1S/C18H19NO4S/c1-5-22-17-10-15(11-19)6-7-16(17)23-24(20,21)18-13(3)8-12(2)9-14(18)4/h6-10H,5H2,1-4H3. The van der Waals surface area contributed by atoms with Crippen molar-refractivity contribution >= 4 is 10.1 Å². The predicted molar refractivity (Wildman–Crippen MR) is 90.8 cm³/mol. The molecule has 0 spiro atoms. The Balaban J connectivity index is 2.49. The maximum atomic E-state index is 12.7. The van der Waals surface area contributed by atoms with Gasteiger partial charge in [-0.1, -0.05) is 17.7 Å². The van der Waals surface area contributed by atoms with Crippen LogP contribution in [-0.2, 0) is 10.1 Å². The Hall–Kier alpha value is -2.52. The molecule has 0 heterocycles. The lowest BCUT2D eigenvalue weighted by molar-refractivity contribution is 0.327. The molecular formula is C18H19NO4S. The van der Waals surface area contributed by atoms with Crippen LogP contribution in [-0.4, -0.2) is 15.0 Å². The molecule has 0 fully saturated rings. The third kappa shape index (κ3) is 3.69. The fraction of sp³-hybridized carbons (Fsp3) is 0.278. The summed E-state index contributed by atoms with van der Waals surface area (Å²) in [6, 6.07) is 9.96. The van der Waals surface area contributed by atoms with Crippen molar-refractivity contribution in [3.8, 4) is 17.6 Å². The van der Waals surface area contributed by atoms with Crippen molar-refractivity contribution < 1.29 is 17.3 Å². The van der Waals surface area contributed by atoms with Crippen LogP contribution in [0.4, 0.5) is 0 Å². The van der Waals surface area contributed by atoms with Gasteiger partial charge in [-0.05, 0) is 51.0 Å². The number of nitrogens with zero attached hydrogens (tertiary/aromatic N) is 1. The molecule has 2 aromatic rings. The van der Waals surface area contributed by atoms with Crippen molar-refractivity contribution in [3.05, 3.63) is 52.6 Å². The van der Waals surface area contributed by atoms with Gasteiger partial charge in [-0.15, -0.1) is 0 Å². The largest absolute Gasteiger partial charge is 0.490 e. The minimum Gasteiger partial charge on any atom is -0.490 e. The van der Waals surface area contributed by atoms with E-state index in [-0.39, 0.29) is 16.4 Å². The first-order valence-corrected chi connectivity index (χ1v) is 8.88. The summed E-state index contributed by atoms with van der Waals surface area (Å²) in [4.78, 5) is 0.153. The van der Waals surface area contributed by atoms with Gasteiger partial charge in [0.15, 0.2) is 11.5 Å². The number of ether oxygens (including phenoxy) is 1. The summed E-state index contributed by atoms with van der Waals surface area (Å²) < 4.78 is 36.2. The monoisotopic (exact) mass is 345 g/mol. The van der Waals surface area contributed by atoms with Gasteiger partial charge in [0.05, 0.1) is 18.2 Å². The third-order valence-electron chi connectivity index (χ3n) is 3.43. The van der Waals surface area contributed by atoms with Gasteiger partial charge in [0, 0.05) is 6.07 Å². The van der Waals surface area contributed by atoms with Crippen LogP contribution in [0.3, 0.4) is 0 Å². The molecule has 6 heteroatoms. The van der Waals surface area contributed by atoms with Crippen LogP contribution in [0.5, 0.6) is 11.5 Å². The number of nitriles is 1. The topological polar surface area (TPSA) is 76.4 Å². The SMILES string of the molecule is CCOc1cc(C#N)ccc1OS(=O)(=O)c1c(C)cc(C)cc1C. The molecule has 0 unspecified atom stereocenters. The Kier molecular flexibility index (Phi) is 5.15. The van der Waals surface area contributed by atoms with Crippen LogP contribution < -0.4 is 8.92 Å². The maximum absolute atomic E-state index is 12.7. The van der Waals surface area contributed by atoms with Crippen molar-refractivity contribution in [2.45, 2.75) is 32.6 Å². The van der Waals surface area contributed by atoms with E-state index in [1.807, 2.05) is 13.0 Å².